The third kappa shape index (κ3) is 0.888. The van der Waals surface area contributed by atoms with Gasteiger partial charge in [-0.15, -0.1) is 0 Å². The zero-order valence-electron chi connectivity index (χ0n) is 6.13. The number of ether oxygens (including phenoxy) is 1. The molecule has 0 N–H and O–H groups in total. The highest BCUT2D eigenvalue weighted by atomic mass is 16.5. The molecule has 2 heterocycles. The van der Waals surface area contributed by atoms with E-state index in [1.165, 1.54) is 0 Å². The number of pyridine rings is 1. The highest BCUT2D eigenvalue weighted by Gasteiger charge is 2.20. The molecule has 0 saturated heterocycles. The number of hydrogen-bond acceptors (Lipinski definition) is 3. The molecule has 0 atom stereocenters. The van der Waals surface area contributed by atoms with Crippen molar-refractivity contribution in [2.75, 3.05) is 0 Å². The molecule has 3 nitrogen and oxygen atoms in total. The molecule has 56 valence electrons. The van der Waals surface area contributed by atoms with Crippen LogP contribution in [0.2, 0.25) is 0 Å². The minimum Gasteiger partial charge on any atom is -0.457 e. The SMILES string of the molecule is Cc1cc2c(cn1)C(=O)OC2. The van der Waals surface area contributed by atoms with E-state index in [0.29, 0.717) is 12.2 Å². The van der Waals surface area contributed by atoms with Crippen molar-refractivity contribution in [1.82, 2.24) is 4.98 Å². The normalized spacial score (nSPS) is 14.5. The second-order valence-electron chi connectivity index (χ2n) is 2.56. The van der Waals surface area contributed by atoms with Crippen LogP contribution in [-0.4, -0.2) is 11.0 Å². The van der Waals surface area contributed by atoms with E-state index in [1.807, 2.05) is 13.0 Å². The third-order valence-electron chi connectivity index (χ3n) is 1.71. The predicted molar refractivity (Wildman–Crippen MR) is 38.1 cm³/mol. The highest BCUT2D eigenvalue weighted by Crippen LogP contribution is 2.18. The monoisotopic (exact) mass is 149 g/mol. The molecule has 0 aliphatic carbocycles. The minimum atomic E-state index is -0.257. The molecule has 1 aliphatic rings. The zero-order chi connectivity index (χ0) is 7.84. The van der Waals surface area contributed by atoms with Crippen molar-refractivity contribution in [3.8, 4) is 0 Å². The highest BCUT2D eigenvalue weighted by molar-refractivity contribution is 5.92. The Bertz CT molecular complexity index is 320. The summed E-state index contributed by atoms with van der Waals surface area (Å²) in [6, 6.07) is 1.88. The molecule has 1 aromatic rings. The Balaban J connectivity index is 2.59. The second kappa shape index (κ2) is 2.05. The van der Waals surface area contributed by atoms with Gasteiger partial charge in [-0.3, -0.25) is 4.98 Å². The average Bonchev–Trinajstić information content (AvgIpc) is 2.32. The van der Waals surface area contributed by atoms with Crippen molar-refractivity contribution in [2.24, 2.45) is 0 Å². The van der Waals surface area contributed by atoms with E-state index in [9.17, 15) is 4.79 Å². The topological polar surface area (TPSA) is 39.2 Å². The lowest BCUT2D eigenvalue weighted by Crippen LogP contribution is -1.94. The number of esters is 1. The van der Waals surface area contributed by atoms with Crippen molar-refractivity contribution in [3.05, 3.63) is 29.1 Å². The van der Waals surface area contributed by atoms with Gasteiger partial charge in [0, 0.05) is 17.5 Å². The van der Waals surface area contributed by atoms with Crippen LogP contribution < -0.4 is 0 Å². The summed E-state index contributed by atoms with van der Waals surface area (Å²) in [6.07, 6.45) is 1.57. The molecule has 2 rings (SSSR count). The maximum absolute atomic E-state index is 10.9. The zero-order valence-corrected chi connectivity index (χ0v) is 6.13. The van der Waals surface area contributed by atoms with Crippen LogP contribution >= 0.6 is 0 Å². The smallest absolute Gasteiger partial charge is 0.340 e. The van der Waals surface area contributed by atoms with Gasteiger partial charge in [0.25, 0.3) is 0 Å². The number of nitrogens with zero attached hydrogens (tertiary/aromatic N) is 1. The average molecular weight is 149 g/mol. The molecular formula is C8H7NO2. The number of fused-ring (bicyclic) bond motifs is 1. The largest absolute Gasteiger partial charge is 0.457 e. The lowest BCUT2D eigenvalue weighted by atomic mass is 10.1. The van der Waals surface area contributed by atoms with E-state index in [-0.39, 0.29) is 5.97 Å². The maximum atomic E-state index is 10.9. The Hall–Kier alpha value is -1.38. The van der Waals surface area contributed by atoms with Crippen LogP contribution in [0.15, 0.2) is 12.3 Å². The van der Waals surface area contributed by atoms with Crippen molar-refractivity contribution in [1.29, 1.82) is 0 Å². The summed E-state index contributed by atoms with van der Waals surface area (Å²) in [7, 11) is 0. The van der Waals surface area contributed by atoms with Gasteiger partial charge in [-0.1, -0.05) is 0 Å². The van der Waals surface area contributed by atoms with Gasteiger partial charge < -0.3 is 4.74 Å². The van der Waals surface area contributed by atoms with Crippen LogP contribution in [0.25, 0.3) is 0 Å². The Morgan fingerprint density at radius 3 is 3.27 bits per heavy atom. The number of cyclic esters (lactones) is 1. The van der Waals surface area contributed by atoms with Crippen molar-refractivity contribution in [2.45, 2.75) is 13.5 Å². The first-order valence-corrected chi connectivity index (χ1v) is 3.40. The Morgan fingerprint density at radius 1 is 1.64 bits per heavy atom. The number of aromatic nitrogens is 1. The van der Waals surface area contributed by atoms with E-state index in [1.54, 1.807) is 6.20 Å². The maximum Gasteiger partial charge on any atom is 0.340 e. The summed E-state index contributed by atoms with van der Waals surface area (Å²) < 4.78 is 4.80. The van der Waals surface area contributed by atoms with Gasteiger partial charge >= 0.3 is 5.97 Å². The van der Waals surface area contributed by atoms with E-state index in [0.717, 1.165) is 11.3 Å². The summed E-state index contributed by atoms with van der Waals surface area (Å²) in [6.45, 7) is 2.29. The van der Waals surface area contributed by atoms with Gasteiger partial charge in [-0.25, -0.2) is 4.79 Å². The Labute approximate surface area is 64.0 Å². The van der Waals surface area contributed by atoms with Gasteiger partial charge in [0.1, 0.15) is 6.61 Å². The molecule has 0 saturated carbocycles. The van der Waals surface area contributed by atoms with E-state index >= 15 is 0 Å². The minimum absolute atomic E-state index is 0.257. The van der Waals surface area contributed by atoms with Gasteiger partial charge in [0.05, 0.1) is 5.56 Å². The van der Waals surface area contributed by atoms with Crippen LogP contribution in [0.3, 0.4) is 0 Å². The van der Waals surface area contributed by atoms with Crippen LogP contribution in [0.1, 0.15) is 21.6 Å². The molecule has 0 amide bonds. The molecule has 0 spiro atoms. The first kappa shape index (κ1) is 6.34. The van der Waals surface area contributed by atoms with E-state index in [2.05, 4.69) is 4.98 Å². The first-order valence-electron chi connectivity index (χ1n) is 3.40. The molecule has 1 aromatic heterocycles. The van der Waals surface area contributed by atoms with Crippen LogP contribution in [0, 0.1) is 6.92 Å². The van der Waals surface area contributed by atoms with Crippen LogP contribution in [0.5, 0.6) is 0 Å². The lowest BCUT2D eigenvalue weighted by molar-refractivity contribution is 0.0535. The summed E-state index contributed by atoms with van der Waals surface area (Å²) in [5.74, 6) is -0.257. The fourth-order valence-electron chi connectivity index (χ4n) is 1.14. The Kier molecular flexibility index (Phi) is 1.18. The predicted octanol–water partition coefficient (Wildman–Crippen LogP) is 1.06. The molecule has 1 aliphatic heterocycles. The number of carbonyl (C=O) groups excluding carboxylic acids is 1. The Morgan fingerprint density at radius 2 is 2.45 bits per heavy atom. The van der Waals surface area contributed by atoms with Gasteiger partial charge in [0.15, 0.2) is 0 Å². The lowest BCUT2D eigenvalue weighted by Gasteiger charge is -1.93. The quantitative estimate of drug-likeness (QED) is 0.518. The third-order valence-corrected chi connectivity index (χ3v) is 1.71. The fraction of sp³-hybridized carbons (Fsp3) is 0.250. The van der Waals surface area contributed by atoms with Crippen molar-refractivity contribution in [3.63, 3.8) is 0 Å². The van der Waals surface area contributed by atoms with Gasteiger partial charge in [-0.2, -0.15) is 0 Å². The number of aryl methyl sites for hydroxylation is 1. The first-order chi connectivity index (χ1) is 5.27. The van der Waals surface area contributed by atoms with Gasteiger partial charge in [0.2, 0.25) is 0 Å². The number of hydrogen-bond donors (Lipinski definition) is 0. The molecular weight excluding hydrogens is 142 g/mol. The number of carbonyl (C=O) groups is 1. The molecule has 0 bridgehead atoms. The molecule has 0 aromatic carbocycles. The van der Waals surface area contributed by atoms with Crippen molar-refractivity contribution >= 4 is 5.97 Å². The molecule has 0 unspecified atom stereocenters. The number of rotatable bonds is 0. The molecule has 11 heavy (non-hydrogen) atoms. The van der Waals surface area contributed by atoms with Crippen LogP contribution in [-0.2, 0) is 11.3 Å². The summed E-state index contributed by atoms with van der Waals surface area (Å²) in [4.78, 5) is 14.9. The van der Waals surface area contributed by atoms with Crippen LogP contribution in [0.4, 0.5) is 0 Å². The summed E-state index contributed by atoms with van der Waals surface area (Å²) in [5, 5.41) is 0. The van der Waals surface area contributed by atoms with Crippen molar-refractivity contribution < 1.29 is 9.53 Å². The standard InChI is InChI=1S/C8H7NO2/c1-5-2-6-4-11-8(10)7(6)3-9-5/h2-3H,4H2,1H3. The fourth-order valence-corrected chi connectivity index (χ4v) is 1.14. The molecule has 3 heteroatoms. The summed E-state index contributed by atoms with van der Waals surface area (Å²) in [5.41, 5.74) is 2.47. The second-order valence-corrected chi connectivity index (χ2v) is 2.56. The van der Waals surface area contributed by atoms with E-state index < -0.39 is 0 Å². The van der Waals surface area contributed by atoms with Gasteiger partial charge in [-0.05, 0) is 13.0 Å². The molecule has 0 fully saturated rings. The van der Waals surface area contributed by atoms with E-state index in [4.69, 9.17) is 4.74 Å². The summed E-state index contributed by atoms with van der Waals surface area (Å²) >= 11 is 0. The molecule has 0 radical (unpaired) electrons.